The van der Waals surface area contributed by atoms with Gasteiger partial charge in [-0.25, -0.2) is 4.79 Å². The standard InChI is InChI=1S/C7H12N2O3/c1-4(12-3)7(2)5(10)8-6(11)9-7/h4H,1-3H3,(H2,8,9,10,11). The Hall–Kier alpha value is -1.10. The van der Waals surface area contributed by atoms with Crippen LogP contribution in [0, 0.1) is 0 Å². The third kappa shape index (κ3) is 1.16. The van der Waals surface area contributed by atoms with E-state index in [1.165, 1.54) is 7.11 Å². The van der Waals surface area contributed by atoms with Crippen LogP contribution in [0.1, 0.15) is 13.8 Å². The van der Waals surface area contributed by atoms with Gasteiger partial charge in [0.1, 0.15) is 5.54 Å². The van der Waals surface area contributed by atoms with Crippen molar-refractivity contribution in [1.29, 1.82) is 0 Å². The first-order chi connectivity index (χ1) is 5.50. The number of hydrogen-bond donors (Lipinski definition) is 2. The van der Waals surface area contributed by atoms with Crippen LogP contribution >= 0.6 is 0 Å². The second-order valence-corrected chi connectivity index (χ2v) is 2.99. The molecule has 0 aromatic carbocycles. The summed E-state index contributed by atoms with van der Waals surface area (Å²) in [5.41, 5.74) is -0.939. The second-order valence-electron chi connectivity index (χ2n) is 2.99. The number of imide groups is 1. The first kappa shape index (κ1) is 8.99. The lowest BCUT2D eigenvalue weighted by molar-refractivity contribution is -0.127. The molecule has 0 radical (unpaired) electrons. The number of rotatable bonds is 2. The highest BCUT2D eigenvalue weighted by atomic mass is 16.5. The number of amides is 3. The first-order valence-electron chi connectivity index (χ1n) is 3.67. The summed E-state index contributed by atoms with van der Waals surface area (Å²) in [6.07, 6.45) is -0.344. The minimum absolute atomic E-state index is 0.344. The van der Waals surface area contributed by atoms with Crippen LogP contribution < -0.4 is 10.6 Å². The largest absolute Gasteiger partial charge is 0.379 e. The molecule has 0 aromatic heterocycles. The Morgan fingerprint density at radius 1 is 1.50 bits per heavy atom. The summed E-state index contributed by atoms with van der Waals surface area (Å²) in [6, 6.07) is -0.466. The summed E-state index contributed by atoms with van der Waals surface area (Å²) in [6.45, 7) is 3.35. The van der Waals surface area contributed by atoms with E-state index in [-0.39, 0.29) is 12.0 Å². The number of urea groups is 1. The highest BCUT2D eigenvalue weighted by Crippen LogP contribution is 2.16. The number of ether oxygens (including phenoxy) is 1. The van der Waals surface area contributed by atoms with Crippen LogP contribution in [0.2, 0.25) is 0 Å². The minimum atomic E-state index is -0.939. The maximum absolute atomic E-state index is 11.2. The van der Waals surface area contributed by atoms with Crippen molar-refractivity contribution in [2.45, 2.75) is 25.5 Å². The van der Waals surface area contributed by atoms with E-state index in [4.69, 9.17) is 4.74 Å². The molecule has 1 fully saturated rings. The molecule has 1 aliphatic rings. The maximum atomic E-state index is 11.2. The van der Waals surface area contributed by atoms with Crippen LogP contribution in [-0.2, 0) is 9.53 Å². The zero-order valence-corrected chi connectivity index (χ0v) is 7.30. The lowest BCUT2D eigenvalue weighted by Gasteiger charge is -2.26. The summed E-state index contributed by atoms with van der Waals surface area (Å²) in [7, 11) is 1.49. The molecule has 0 bridgehead atoms. The zero-order chi connectivity index (χ0) is 9.35. The van der Waals surface area contributed by atoms with Gasteiger partial charge in [-0.3, -0.25) is 10.1 Å². The Labute approximate surface area is 70.5 Å². The Morgan fingerprint density at radius 2 is 2.08 bits per heavy atom. The molecule has 5 nitrogen and oxygen atoms in total. The molecule has 2 unspecified atom stereocenters. The molecule has 68 valence electrons. The molecule has 0 aliphatic carbocycles. The third-order valence-corrected chi connectivity index (χ3v) is 2.24. The average Bonchev–Trinajstić information content (AvgIpc) is 2.26. The molecule has 0 spiro atoms. The number of hydrogen-bond acceptors (Lipinski definition) is 3. The first-order valence-corrected chi connectivity index (χ1v) is 3.67. The molecule has 1 rings (SSSR count). The van der Waals surface area contributed by atoms with Crippen molar-refractivity contribution in [2.24, 2.45) is 0 Å². The lowest BCUT2D eigenvalue weighted by Crippen LogP contribution is -2.53. The molecular weight excluding hydrogens is 160 g/mol. The Morgan fingerprint density at radius 3 is 2.42 bits per heavy atom. The molecule has 0 saturated carbocycles. The van der Waals surface area contributed by atoms with Crippen molar-refractivity contribution in [3.63, 3.8) is 0 Å². The SMILES string of the molecule is COC(C)C1(C)NC(=O)NC1=O. The van der Waals surface area contributed by atoms with E-state index in [1.807, 2.05) is 0 Å². The van der Waals surface area contributed by atoms with Crippen LogP contribution in [0.25, 0.3) is 0 Å². The van der Waals surface area contributed by atoms with Gasteiger partial charge in [-0.15, -0.1) is 0 Å². The molecule has 2 N–H and O–H groups in total. The van der Waals surface area contributed by atoms with Gasteiger partial charge in [0, 0.05) is 7.11 Å². The fourth-order valence-corrected chi connectivity index (χ4v) is 1.08. The Bertz CT molecular complexity index is 229. The van der Waals surface area contributed by atoms with Gasteiger partial charge in [0.05, 0.1) is 6.10 Å². The van der Waals surface area contributed by atoms with Crippen molar-refractivity contribution in [1.82, 2.24) is 10.6 Å². The van der Waals surface area contributed by atoms with E-state index in [0.29, 0.717) is 0 Å². The lowest BCUT2D eigenvalue weighted by atomic mass is 9.96. The van der Waals surface area contributed by atoms with Crippen LogP contribution in [0.15, 0.2) is 0 Å². The minimum Gasteiger partial charge on any atom is -0.379 e. The molecule has 2 atom stereocenters. The molecule has 0 aromatic rings. The molecule has 1 aliphatic heterocycles. The maximum Gasteiger partial charge on any atom is 0.322 e. The van der Waals surface area contributed by atoms with E-state index in [9.17, 15) is 9.59 Å². The second kappa shape index (κ2) is 2.75. The van der Waals surface area contributed by atoms with Gasteiger partial charge in [0.15, 0.2) is 0 Å². The molecule has 5 heteroatoms. The fraction of sp³-hybridized carbons (Fsp3) is 0.714. The smallest absolute Gasteiger partial charge is 0.322 e. The monoisotopic (exact) mass is 172 g/mol. The predicted octanol–water partition coefficient (Wildman–Crippen LogP) is -0.381. The molecule has 3 amide bonds. The molecule has 1 saturated heterocycles. The van der Waals surface area contributed by atoms with Gasteiger partial charge in [-0.1, -0.05) is 0 Å². The topological polar surface area (TPSA) is 67.4 Å². The predicted molar refractivity (Wildman–Crippen MR) is 41.6 cm³/mol. The summed E-state index contributed by atoms with van der Waals surface area (Å²) in [5.74, 6) is -0.346. The van der Waals surface area contributed by atoms with Gasteiger partial charge in [-0.05, 0) is 13.8 Å². The van der Waals surface area contributed by atoms with Crippen molar-refractivity contribution in [3.05, 3.63) is 0 Å². The van der Waals surface area contributed by atoms with Gasteiger partial charge < -0.3 is 10.1 Å². The highest BCUT2D eigenvalue weighted by Gasteiger charge is 2.46. The van der Waals surface area contributed by atoms with Crippen molar-refractivity contribution in [2.75, 3.05) is 7.11 Å². The number of carbonyl (C=O) groups excluding carboxylic acids is 2. The summed E-state index contributed by atoms with van der Waals surface area (Å²) in [5, 5.41) is 4.66. The van der Waals surface area contributed by atoms with Crippen molar-refractivity contribution >= 4 is 11.9 Å². The highest BCUT2D eigenvalue weighted by molar-refractivity contribution is 6.07. The van der Waals surface area contributed by atoms with Gasteiger partial charge in [0.2, 0.25) is 0 Å². The normalized spacial score (nSPS) is 31.2. The van der Waals surface area contributed by atoms with Gasteiger partial charge >= 0.3 is 6.03 Å². The fourth-order valence-electron chi connectivity index (χ4n) is 1.08. The van der Waals surface area contributed by atoms with E-state index >= 15 is 0 Å². The third-order valence-electron chi connectivity index (χ3n) is 2.24. The quantitative estimate of drug-likeness (QED) is 0.558. The molecule has 12 heavy (non-hydrogen) atoms. The van der Waals surface area contributed by atoms with Crippen molar-refractivity contribution in [3.8, 4) is 0 Å². The summed E-state index contributed by atoms with van der Waals surface area (Å²) in [4.78, 5) is 22.0. The van der Waals surface area contributed by atoms with E-state index in [0.717, 1.165) is 0 Å². The Balaban J connectivity index is 2.84. The van der Waals surface area contributed by atoms with Gasteiger partial charge in [0.25, 0.3) is 5.91 Å². The molecule has 1 heterocycles. The van der Waals surface area contributed by atoms with Gasteiger partial charge in [-0.2, -0.15) is 0 Å². The number of carbonyl (C=O) groups is 2. The Kier molecular flexibility index (Phi) is 2.06. The van der Waals surface area contributed by atoms with Crippen molar-refractivity contribution < 1.29 is 14.3 Å². The van der Waals surface area contributed by atoms with E-state index in [2.05, 4.69) is 10.6 Å². The zero-order valence-electron chi connectivity index (χ0n) is 7.30. The number of methoxy groups -OCH3 is 1. The van der Waals surface area contributed by atoms with E-state index < -0.39 is 11.6 Å². The number of nitrogens with one attached hydrogen (secondary N) is 2. The van der Waals surface area contributed by atoms with E-state index in [1.54, 1.807) is 13.8 Å². The van der Waals surface area contributed by atoms with Crippen LogP contribution in [0.4, 0.5) is 4.79 Å². The van der Waals surface area contributed by atoms with Crippen LogP contribution in [-0.4, -0.2) is 30.7 Å². The average molecular weight is 172 g/mol. The van der Waals surface area contributed by atoms with Crippen LogP contribution in [0.3, 0.4) is 0 Å². The summed E-state index contributed by atoms with van der Waals surface area (Å²) < 4.78 is 4.98. The molecular formula is C7H12N2O3. The van der Waals surface area contributed by atoms with Crippen LogP contribution in [0.5, 0.6) is 0 Å². The summed E-state index contributed by atoms with van der Waals surface area (Å²) >= 11 is 0.